The Morgan fingerprint density at radius 3 is 2.69 bits per heavy atom. The second-order valence-corrected chi connectivity index (χ2v) is 5.13. The molecule has 0 amide bonds. The Balaban J connectivity index is 2.56. The Bertz CT molecular complexity index is 237. The molecular formula is C11H18OS. The van der Waals surface area contributed by atoms with Gasteiger partial charge in [-0.1, -0.05) is 19.9 Å². The lowest BCUT2D eigenvalue weighted by Crippen LogP contribution is -2.20. The van der Waals surface area contributed by atoms with Crippen LogP contribution in [0.15, 0.2) is 17.5 Å². The largest absolute Gasteiger partial charge is 0.385 e. The quantitative estimate of drug-likeness (QED) is 0.786. The van der Waals surface area contributed by atoms with E-state index < -0.39 is 5.60 Å². The first-order valence-corrected chi connectivity index (χ1v) is 5.66. The molecule has 0 radical (unpaired) electrons. The Hall–Kier alpha value is -0.340. The third-order valence-corrected chi connectivity index (χ3v) is 3.38. The molecule has 1 unspecified atom stereocenters. The van der Waals surface area contributed by atoms with Crippen molar-refractivity contribution in [1.29, 1.82) is 0 Å². The van der Waals surface area contributed by atoms with Crippen LogP contribution in [0.25, 0.3) is 0 Å². The lowest BCUT2D eigenvalue weighted by Gasteiger charge is -2.22. The van der Waals surface area contributed by atoms with Crippen LogP contribution >= 0.6 is 11.3 Å². The summed E-state index contributed by atoms with van der Waals surface area (Å²) in [6.07, 6.45) is 1.93. The predicted octanol–water partition coefficient (Wildman–Crippen LogP) is 3.39. The number of rotatable bonds is 4. The van der Waals surface area contributed by atoms with Gasteiger partial charge in [0.05, 0.1) is 5.60 Å². The Kier molecular flexibility index (Phi) is 3.51. The fourth-order valence-electron chi connectivity index (χ4n) is 1.28. The molecule has 1 heterocycles. The summed E-state index contributed by atoms with van der Waals surface area (Å²) >= 11 is 1.63. The minimum absolute atomic E-state index is 0.627. The summed E-state index contributed by atoms with van der Waals surface area (Å²) in [4.78, 5) is 1.08. The van der Waals surface area contributed by atoms with E-state index in [1.165, 1.54) is 0 Å². The molecule has 0 spiro atoms. The summed E-state index contributed by atoms with van der Waals surface area (Å²) in [5, 5.41) is 12.1. The number of hydrogen-bond donors (Lipinski definition) is 1. The SMILES string of the molecule is CC(C)CCC(C)(O)c1cccs1. The topological polar surface area (TPSA) is 20.2 Å². The van der Waals surface area contributed by atoms with Crippen LogP contribution in [0.4, 0.5) is 0 Å². The third kappa shape index (κ3) is 3.12. The van der Waals surface area contributed by atoms with Crippen molar-refractivity contribution < 1.29 is 5.11 Å². The zero-order valence-corrected chi connectivity index (χ0v) is 9.40. The van der Waals surface area contributed by atoms with Crippen LogP contribution in [-0.4, -0.2) is 5.11 Å². The van der Waals surface area contributed by atoms with Gasteiger partial charge in [-0.15, -0.1) is 11.3 Å². The summed E-state index contributed by atoms with van der Waals surface area (Å²) in [5.41, 5.74) is -0.627. The first kappa shape index (κ1) is 10.7. The van der Waals surface area contributed by atoms with Crippen LogP contribution in [0.1, 0.15) is 38.5 Å². The smallest absolute Gasteiger partial charge is 0.0960 e. The van der Waals surface area contributed by atoms with Crippen LogP contribution in [-0.2, 0) is 5.60 Å². The van der Waals surface area contributed by atoms with Gasteiger partial charge < -0.3 is 5.11 Å². The van der Waals surface area contributed by atoms with E-state index in [2.05, 4.69) is 13.8 Å². The molecule has 13 heavy (non-hydrogen) atoms. The Morgan fingerprint density at radius 2 is 2.23 bits per heavy atom. The zero-order valence-electron chi connectivity index (χ0n) is 8.58. The molecule has 1 rings (SSSR count). The molecule has 1 aromatic heterocycles. The molecule has 0 aliphatic rings. The molecule has 0 saturated carbocycles. The molecule has 1 N–H and O–H groups in total. The van der Waals surface area contributed by atoms with Crippen molar-refractivity contribution in [1.82, 2.24) is 0 Å². The second kappa shape index (κ2) is 4.25. The van der Waals surface area contributed by atoms with E-state index in [-0.39, 0.29) is 0 Å². The normalized spacial score (nSPS) is 16.1. The predicted molar refractivity (Wildman–Crippen MR) is 58.0 cm³/mol. The maximum absolute atomic E-state index is 10.1. The van der Waals surface area contributed by atoms with E-state index in [0.29, 0.717) is 5.92 Å². The molecule has 0 bridgehead atoms. The highest BCUT2D eigenvalue weighted by molar-refractivity contribution is 7.10. The first-order valence-electron chi connectivity index (χ1n) is 4.79. The maximum Gasteiger partial charge on any atom is 0.0960 e. The summed E-state index contributed by atoms with van der Waals surface area (Å²) < 4.78 is 0. The van der Waals surface area contributed by atoms with Gasteiger partial charge in [-0.2, -0.15) is 0 Å². The van der Waals surface area contributed by atoms with Crippen molar-refractivity contribution >= 4 is 11.3 Å². The standard InChI is InChI=1S/C11H18OS/c1-9(2)6-7-11(3,12)10-5-4-8-13-10/h4-5,8-9,12H,6-7H2,1-3H3. The van der Waals surface area contributed by atoms with E-state index in [1.54, 1.807) is 11.3 Å². The highest BCUT2D eigenvalue weighted by Gasteiger charge is 2.23. The van der Waals surface area contributed by atoms with Crippen molar-refractivity contribution in [3.05, 3.63) is 22.4 Å². The summed E-state index contributed by atoms with van der Waals surface area (Å²) in [5.74, 6) is 0.659. The van der Waals surface area contributed by atoms with E-state index in [9.17, 15) is 5.11 Å². The second-order valence-electron chi connectivity index (χ2n) is 4.18. The van der Waals surface area contributed by atoms with Gasteiger partial charge >= 0.3 is 0 Å². The third-order valence-electron chi connectivity index (χ3n) is 2.26. The fraction of sp³-hybridized carbons (Fsp3) is 0.636. The number of thiophene rings is 1. The molecule has 0 aromatic carbocycles. The molecule has 1 nitrogen and oxygen atoms in total. The average molecular weight is 198 g/mol. The monoisotopic (exact) mass is 198 g/mol. The number of aliphatic hydroxyl groups is 1. The van der Waals surface area contributed by atoms with E-state index in [0.717, 1.165) is 17.7 Å². The van der Waals surface area contributed by atoms with Gasteiger partial charge in [-0.05, 0) is 37.1 Å². The van der Waals surface area contributed by atoms with Crippen molar-refractivity contribution in [2.45, 2.75) is 39.2 Å². The van der Waals surface area contributed by atoms with Gasteiger partial charge in [0.2, 0.25) is 0 Å². The van der Waals surface area contributed by atoms with Gasteiger partial charge in [-0.3, -0.25) is 0 Å². The minimum Gasteiger partial charge on any atom is -0.385 e. The fourth-order valence-corrected chi connectivity index (χ4v) is 2.09. The highest BCUT2D eigenvalue weighted by Crippen LogP contribution is 2.30. The van der Waals surface area contributed by atoms with E-state index in [1.807, 2.05) is 24.4 Å². The maximum atomic E-state index is 10.1. The lowest BCUT2D eigenvalue weighted by atomic mass is 9.94. The molecule has 0 fully saturated rings. The van der Waals surface area contributed by atoms with Crippen molar-refractivity contribution in [2.75, 3.05) is 0 Å². The van der Waals surface area contributed by atoms with Crippen LogP contribution in [0.2, 0.25) is 0 Å². The van der Waals surface area contributed by atoms with Gasteiger partial charge in [-0.25, -0.2) is 0 Å². The summed E-state index contributed by atoms with van der Waals surface area (Å²) in [6, 6.07) is 3.99. The van der Waals surface area contributed by atoms with Gasteiger partial charge in [0.1, 0.15) is 0 Å². The van der Waals surface area contributed by atoms with Crippen LogP contribution in [0.3, 0.4) is 0 Å². The highest BCUT2D eigenvalue weighted by atomic mass is 32.1. The Morgan fingerprint density at radius 1 is 1.54 bits per heavy atom. The molecule has 0 aliphatic carbocycles. The molecule has 1 atom stereocenters. The molecular weight excluding hydrogens is 180 g/mol. The summed E-state index contributed by atoms with van der Waals surface area (Å²) in [6.45, 7) is 6.27. The van der Waals surface area contributed by atoms with Crippen LogP contribution in [0, 0.1) is 5.92 Å². The van der Waals surface area contributed by atoms with Crippen LogP contribution in [0.5, 0.6) is 0 Å². The molecule has 1 aromatic rings. The molecule has 2 heteroatoms. The average Bonchev–Trinajstić information content (AvgIpc) is 2.53. The summed E-state index contributed by atoms with van der Waals surface area (Å²) in [7, 11) is 0. The molecule has 0 aliphatic heterocycles. The minimum atomic E-state index is -0.627. The van der Waals surface area contributed by atoms with Gasteiger partial charge in [0.15, 0.2) is 0 Å². The molecule has 74 valence electrons. The molecule has 0 saturated heterocycles. The number of hydrogen-bond acceptors (Lipinski definition) is 2. The van der Waals surface area contributed by atoms with E-state index >= 15 is 0 Å². The van der Waals surface area contributed by atoms with Crippen LogP contribution < -0.4 is 0 Å². The van der Waals surface area contributed by atoms with Crippen molar-refractivity contribution in [3.63, 3.8) is 0 Å². The zero-order chi connectivity index (χ0) is 9.90. The van der Waals surface area contributed by atoms with Crippen molar-refractivity contribution in [2.24, 2.45) is 5.92 Å². The lowest BCUT2D eigenvalue weighted by molar-refractivity contribution is 0.0457. The first-order chi connectivity index (χ1) is 6.02. The van der Waals surface area contributed by atoms with E-state index in [4.69, 9.17) is 0 Å². The van der Waals surface area contributed by atoms with Gasteiger partial charge in [0, 0.05) is 4.88 Å². The van der Waals surface area contributed by atoms with Gasteiger partial charge in [0.25, 0.3) is 0 Å². The Labute approximate surface area is 84.4 Å². The van der Waals surface area contributed by atoms with Crippen molar-refractivity contribution in [3.8, 4) is 0 Å².